The molecule has 0 fully saturated rings. The number of nitriles is 2. The van der Waals surface area contributed by atoms with Crippen molar-refractivity contribution in [2.45, 2.75) is 19.8 Å². The van der Waals surface area contributed by atoms with Crippen LogP contribution < -0.4 is 4.74 Å². The molecule has 108 valence electrons. The fraction of sp³-hybridized carbons (Fsp3) is 0.312. The second-order valence-corrected chi connectivity index (χ2v) is 4.11. The monoisotopic (exact) mass is 284 g/mol. The van der Waals surface area contributed by atoms with Crippen molar-refractivity contribution in [3.8, 4) is 17.9 Å². The lowest BCUT2D eigenvalue weighted by molar-refractivity contribution is -0.143. The minimum atomic E-state index is -0.220. The summed E-state index contributed by atoms with van der Waals surface area (Å²) < 4.78 is 10.3. The molecule has 1 aromatic carbocycles. The zero-order chi connectivity index (χ0) is 15.5. The van der Waals surface area contributed by atoms with Gasteiger partial charge in [0.25, 0.3) is 0 Å². The van der Waals surface area contributed by atoms with Crippen LogP contribution in [0.15, 0.2) is 29.8 Å². The number of esters is 1. The van der Waals surface area contributed by atoms with Crippen molar-refractivity contribution in [1.29, 1.82) is 10.5 Å². The van der Waals surface area contributed by atoms with Crippen molar-refractivity contribution < 1.29 is 14.3 Å². The Labute approximate surface area is 124 Å². The summed E-state index contributed by atoms with van der Waals surface area (Å²) in [4.78, 5) is 11.1. The number of nitrogens with zero attached hydrogens (tertiary/aromatic N) is 2. The quantitative estimate of drug-likeness (QED) is 0.437. The Hall–Kier alpha value is -2.79. The number of carbonyl (C=O) groups excluding carboxylic acids is 1. The van der Waals surface area contributed by atoms with Gasteiger partial charge in [-0.2, -0.15) is 10.5 Å². The van der Waals surface area contributed by atoms with Gasteiger partial charge in [-0.1, -0.05) is 12.1 Å². The van der Waals surface area contributed by atoms with Gasteiger partial charge in [-0.05, 0) is 37.1 Å². The van der Waals surface area contributed by atoms with Crippen molar-refractivity contribution in [3.63, 3.8) is 0 Å². The third-order valence-corrected chi connectivity index (χ3v) is 2.53. The van der Waals surface area contributed by atoms with Gasteiger partial charge in [-0.3, -0.25) is 4.79 Å². The Morgan fingerprint density at radius 2 is 1.90 bits per heavy atom. The molecule has 0 aromatic heterocycles. The average molecular weight is 284 g/mol. The molecule has 0 N–H and O–H groups in total. The summed E-state index contributed by atoms with van der Waals surface area (Å²) in [5, 5.41) is 17.3. The molecule has 0 radical (unpaired) electrons. The number of carbonyl (C=O) groups is 1. The number of rotatable bonds is 7. The van der Waals surface area contributed by atoms with Gasteiger partial charge < -0.3 is 9.47 Å². The molecule has 5 nitrogen and oxygen atoms in total. The van der Waals surface area contributed by atoms with Crippen LogP contribution in [-0.4, -0.2) is 19.2 Å². The molecule has 0 saturated carbocycles. The fourth-order valence-electron chi connectivity index (χ4n) is 1.56. The molecule has 0 saturated heterocycles. The van der Waals surface area contributed by atoms with Gasteiger partial charge in [0.05, 0.1) is 13.2 Å². The van der Waals surface area contributed by atoms with Crippen LogP contribution in [0, 0.1) is 22.7 Å². The lowest BCUT2D eigenvalue weighted by atomic mass is 10.1. The van der Waals surface area contributed by atoms with E-state index in [4.69, 9.17) is 20.0 Å². The summed E-state index contributed by atoms with van der Waals surface area (Å²) in [6, 6.07) is 10.6. The average Bonchev–Trinajstić information content (AvgIpc) is 2.51. The van der Waals surface area contributed by atoms with E-state index in [0.29, 0.717) is 31.8 Å². The lowest BCUT2D eigenvalue weighted by Gasteiger charge is -2.06. The summed E-state index contributed by atoms with van der Waals surface area (Å²) in [7, 11) is 0. The summed E-state index contributed by atoms with van der Waals surface area (Å²) in [5.41, 5.74) is 0.810. The van der Waals surface area contributed by atoms with Crippen LogP contribution in [0.2, 0.25) is 0 Å². The normalized spacial score (nSPS) is 9.10. The van der Waals surface area contributed by atoms with E-state index in [0.717, 1.165) is 5.56 Å². The first-order valence-corrected chi connectivity index (χ1v) is 6.60. The molecule has 0 unspecified atom stereocenters. The van der Waals surface area contributed by atoms with Gasteiger partial charge in [-0.25, -0.2) is 0 Å². The molecule has 1 rings (SSSR count). The number of allylic oxidation sites excluding steroid dienone is 1. The topological polar surface area (TPSA) is 83.1 Å². The Bertz CT molecular complexity index is 561. The van der Waals surface area contributed by atoms with Crippen molar-refractivity contribution in [2.75, 3.05) is 13.2 Å². The minimum Gasteiger partial charge on any atom is -0.494 e. The van der Waals surface area contributed by atoms with Crippen LogP contribution in [0.5, 0.6) is 5.75 Å². The van der Waals surface area contributed by atoms with Crippen LogP contribution in [0.3, 0.4) is 0 Å². The van der Waals surface area contributed by atoms with Gasteiger partial charge in [-0.15, -0.1) is 0 Å². The number of ether oxygens (including phenoxy) is 2. The molecule has 21 heavy (non-hydrogen) atoms. The molecule has 0 aliphatic carbocycles. The van der Waals surface area contributed by atoms with E-state index in [2.05, 4.69) is 0 Å². The van der Waals surface area contributed by atoms with Gasteiger partial charge >= 0.3 is 5.97 Å². The highest BCUT2D eigenvalue weighted by Crippen LogP contribution is 2.14. The maximum atomic E-state index is 11.1. The second-order valence-electron chi connectivity index (χ2n) is 4.11. The smallest absolute Gasteiger partial charge is 0.305 e. The summed E-state index contributed by atoms with van der Waals surface area (Å²) in [6.07, 6.45) is 2.43. The molecule has 0 bridgehead atoms. The highest BCUT2D eigenvalue weighted by atomic mass is 16.5. The zero-order valence-electron chi connectivity index (χ0n) is 11.8. The molecule has 0 amide bonds. The van der Waals surface area contributed by atoms with E-state index in [1.807, 2.05) is 0 Å². The predicted molar refractivity (Wildman–Crippen MR) is 77.0 cm³/mol. The maximum absolute atomic E-state index is 11.1. The third kappa shape index (κ3) is 6.26. The largest absolute Gasteiger partial charge is 0.494 e. The van der Waals surface area contributed by atoms with Crippen molar-refractivity contribution in [2.24, 2.45) is 0 Å². The van der Waals surface area contributed by atoms with Crippen LogP contribution in [0.25, 0.3) is 6.08 Å². The highest BCUT2D eigenvalue weighted by molar-refractivity contribution is 5.69. The Kier molecular flexibility index (Phi) is 7.10. The Morgan fingerprint density at radius 3 is 2.48 bits per heavy atom. The molecule has 1 aromatic rings. The number of hydrogen-bond donors (Lipinski definition) is 0. The second kappa shape index (κ2) is 9.17. The van der Waals surface area contributed by atoms with E-state index in [9.17, 15) is 4.79 Å². The molecular weight excluding hydrogens is 268 g/mol. The molecular formula is C16H16N2O3. The van der Waals surface area contributed by atoms with Gasteiger partial charge in [0, 0.05) is 6.42 Å². The standard InChI is InChI=1S/C16H16N2O3/c1-2-20-16(19)4-3-9-21-15-7-5-13(6-8-15)10-14(11-17)12-18/h5-8,10H,2-4,9H2,1H3. The molecule has 0 heterocycles. The van der Waals surface area contributed by atoms with E-state index < -0.39 is 0 Å². The van der Waals surface area contributed by atoms with E-state index in [1.54, 1.807) is 43.3 Å². The molecule has 5 heteroatoms. The van der Waals surface area contributed by atoms with Crippen molar-refractivity contribution >= 4 is 12.0 Å². The predicted octanol–water partition coefficient (Wildman–Crippen LogP) is 2.84. The SMILES string of the molecule is CCOC(=O)CCCOc1ccc(C=C(C#N)C#N)cc1. The van der Waals surface area contributed by atoms with E-state index in [-0.39, 0.29) is 11.5 Å². The molecule has 0 aliphatic heterocycles. The highest BCUT2D eigenvalue weighted by Gasteiger charge is 2.01. The molecule has 0 atom stereocenters. The Balaban J connectivity index is 2.42. The third-order valence-electron chi connectivity index (χ3n) is 2.53. The van der Waals surface area contributed by atoms with Crippen LogP contribution in [0.1, 0.15) is 25.3 Å². The van der Waals surface area contributed by atoms with E-state index in [1.165, 1.54) is 6.08 Å². The first kappa shape index (κ1) is 16.3. The van der Waals surface area contributed by atoms with Gasteiger partial charge in [0.15, 0.2) is 0 Å². The van der Waals surface area contributed by atoms with Crippen LogP contribution in [0.4, 0.5) is 0 Å². The van der Waals surface area contributed by atoms with E-state index >= 15 is 0 Å². The first-order chi connectivity index (χ1) is 10.2. The summed E-state index contributed by atoms with van der Waals surface area (Å²) in [6.45, 7) is 2.59. The van der Waals surface area contributed by atoms with Crippen LogP contribution >= 0.6 is 0 Å². The Morgan fingerprint density at radius 1 is 1.24 bits per heavy atom. The lowest BCUT2D eigenvalue weighted by Crippen LogP contribution is -2.06. The zero-order valence-corrected chi connectivity index (χ0v) is 11.8. The van der Waals surface area contributed by atoms with Gasteiger partial charge in [0.2, 0.25) is 0 Å². The minimum absolute atomic E-state index is 0.0538. The summed E-state index contributed by atoms with van der Waals surface area (Å²) >= 11 is 0. The van der Waals surface area contributed by atoms with Gasteiger partial charge in [0.1, 0.15) is 23.5 Å². The first-order valence-electron chi connectivity index (χ1n) is 6.60. The fourth-order valence-corrected chi connectivity index (χ4v) is 1.56. The van der Waals surface area contributed by atoms with Crippen LogP contribution in [-0.2, 0) is 9.53 Å². The number of benzene rings is 1. The molecule has 0 aliphatic rings. The molecule has 0 spiro atoms. The van der Waals surface area contributed by atoms with Crippen molar-refractivity contribution in [1.82, 2.24) is 0 Å². The van der Waals surface area contributed by atoms with Crippen molar-refractivity contribution in [3.05, 3.63) is 35.4 Å². The number of hydrogen-bond acceptors (Lipinski definition) is 5. The summed E-state index contributed by atoms with van der Waals surface area (Å²) in [5.74, 6) is 0.452. The maximum Gasteiger partial charge on any atom is 0.305 e.